The van der Waals surface area contributed by atoms with Gasteiger partial charge in [-0.2, -0.15) is 0 Å². The van der Waals surface area contributed by atoms with Gasteiger partial charge in [-0.3, -0.25) is 4.79 Å². The van der Waals surface area contributed by atoms with Gasteiger partial charge < -0.3 is 4.74 Å². The lowest BCUT2D eigenvalue weighted by Crippen LogP contribution is -2.26. The van der Waals surface area contributed by atoms with Crippen LogP contribution in [0.5, 0.6) is 0 Å². The van der Waals surface area contributed by atoms with Crippen LogP contribution in [-0.4, -0.2) is 18.5 Å². The lowest BCUT2D eigenvalue weighted by atomic mass is 9.78. The maximum atomic E-state index is 11.7. The SMILES string of the molecule is CCC1CCC(=O)C(CCOC(C)C)C1. The zero-order valence-electron chi connectivity index (χ0n) is 10.3. The van der Waals surface area contributed by atoms with E-state index in [9.17, 15) is 4.79 Å². The molecule has 0 spiro atoms. The van der Waals surface area contributed by atoms with E-state index in [0.717, 1.165) is 38.2 Å². The molecule has 2 atom stereocenters. The van der Waals surface area contributed by atoms with E-state index in [1.807, 2.05) is 13.8 Å². The van der Waals surface area contributed by atoms with Gasteiger partial charge in [0, 0.05) is 18.9 Å². The van der Waals surface area contributed by atoms with E-state index >= 15 is 0 Å². The van der Waals surface area contributed by atoms with E-state index in [4.69, 9.17) is 4.74 Å². The monoisotopic (exact) mass is 212 g/mol. The smallest absolute Gasteiger partial charge is 0.136 e. The fourth-order valence-electron chi connectivity index (χ4n) is 2.30. The Morgan fingerprint density at radius 1 is 1.47 bits per heavy atom. The van der Waals surface area contributed by atoms with Gasteiger partial charge >= 0.3 is 0 Å². The van der Waals surface area contributed by atoms with Crippen molar-refractivity contribution >= 4 is 5.78 Å². The number of ketones is 1. The van der Waals surface area contributed by atoms with E-state index < -0.39 is 0 Å². The molecular formula is C13H24O2. The van der Waals surface area contributed by atoms with Crippen molar-refractivity contribution in [3.8, 4) is 0 Å². The van der Waals surface area contributed by atoms with Crippen LogP contribution >= 0.6 is 0 Å². The molecule has 0 saturated heterocycles. The molecule has 0 amide bonds. The fourth-order valence-corrected chi connectivity index (χ4v) is 2.30. The zero-order chi connectivity index (χ0) is 11.3. The molecule has 1 aliphatic rings. The first-order valence-electron chi connectivity index (χ1n) is 6.27. The molecule has 1 fully saturated rings. The molecule has 0 aromatic heterocycles. The third-order valence-corrected chi connectivity index (χ3v) is 3.37. The number of Topliss-reactive ketones (excluding diaryl/α,β-unsaturated/α-hetero) is 1. The van der Waals surface area contributed by atoms with Crippen LogP contribution in [-0.2, 0) is 9.53 Å². The van der Waals surface area contributed by atoms with Crippen LogP contribution in [0.2, 0.25) is 0 Å². The molecule has 1 rings (SSSR count). The minimum absolute atomic E-state index is 0.280. The molecular weight excluding hydrogens is 188 g/mol. The first-order chi connectivity index (χ1) is 7.13. The number of hydrogen-bond donors (Lipinski definition) is 0. The molecule has 0 N–H and O–H groups in total. The number of rotatable bonds is 5. The third kappa shape index (κ3) is 4.33. The lowest BCUT2D eigenvalue weighted by molar-refractivity contribution is -0.126. The Kier molecular flexibility index (Phi) is 5.30. The summed E-state index contributed by atoms with van der Waals surface area (Å²) >= 11 is 0. The predicted octanol–water partition coefficient (Wildman–Crippen LogP) is 3.20. The van der Waals surface area contributed by atoms with E-state index in [0.29, 0.717) is 5.78 Å². The Hall–Kier alpha value is -0.370. The first-order valence-corrected chi connectivity index (χ1v) is 6.27. The minimum Gasteiger partial charge on any atom is -0.379 e. The van der Waals surface area contributed by atoms with Crippen LogP contribution in [0.1, 0.15) is 52.9 Å². The lowest BCUT2D eigenvalue weighted by Gasteiger charge is -2.27. The molecule has 0 heterocycles. The maximum absolute atomic E-state index is 11.7. The second-order valence-corrected chi connectivity index (χ2v) is 4.92. The fraction of sp³-hybridized carbons (Fsp3) is 0.923. The highest BCUT2D eigenvalue weighted by Gasteiger charge is 2.27. The second-order valence-electron chi connectivity index (χ2n) is 4.92. The molecule has 0 bridgehead atoms. The number of hydrogen-bond acceptors (Lipinski definition) is 2. The summed E-state index contributed by atoms with van der Waals surface area (Å²) in [5, 5.41) is 0. The van der Waals surface area contributed by atoms with E-state index in [1.54, 1.807) is 0 Å². The molecule has 0 radical (unpaired) electrons. The molecule has 0 aromatic carbocycles. The van der Waals surface area contributed by atoms with Crippen LogP contribution in [0, 0.1) is 11.8 Å². The van der Waals surface area contributed by atoms with Crippen LogP contribution < -0.4 is 0 Å². The van der Waals surface area contributed by atoms with E-state index in [1.165, 1.54) is 6.42 Å². The van der Waals surface area contributed by atoms with Crippen LogP contribution in [0.4, 0.5) is 0 Å². The highest BCUT2D eigenvalue weighted by atomic mass is 16.5. The highest BCUT2D eigenvalue weighted by molar-refractivity contribution is 5.81. The predicted molar refractivity (Wildman–Crippen MR) is 61.8 cm³/mol. The van der Waals surface area contributed by atoms with Crippen molar-refractivity contribution in [2.24, 2.45) is 11.8 Å². The molecule has 2 heteroatoms. The van der Waals surface area contributed by atoms with E-state index in [-0.39, 0.29) is 12.0 Å². The number of carbonyl (C=O) groups excluding carboxylic acids is 1. The van der Waals surface area contributed by atoms with Crippen LogP contribution in [0.25, 0.3) is 0 Å². The molecule has 0 aliphatic heterocycles. The second kappa shape index (κ2) is 6.26. The summed E-state index contributed by atoms with van der Waals surface area (Å²) in [6.45, 7) is 7.04. The highest BCUT2D eigenvalue weighted by Crippen LogP contribution is 2.30. The van der Waals surface area contributed by atoms with Crippen molar-refractivity contribution in [2.75, 3.05) is 6.61 Å². The molecule has 1 saturated carbocycles. The Morgan fingerprint density at radius 3 is 2.80 bits per heavy atom. The van der Waals surface area contributed by atoms with Gasteiger partial charge in [0.25, 0.3) is 0 Å². The van der Waals surface area contributed by atoms with Gasteiger partial charge in [-0.25, -0.2) is 0 Å². The Bertz CT molecular complexity index is 199. The zero-order valence-corrected chi connectivity index (χ0v) is 10.3. The van der Waals surface area contributed by atoms with Crippen molar-refractivity contribution in [3.63, 3.8) is 0 Å². The van der Waals surface area contributed by atoms with Gasteiger partial charge in [-0.1, -0.05) is 13.3 Å². The first kappa shape index (κ1) is 12.7. The minimum atomic E-state index is 0.280. The molecule has 88 valence electrons. The van der Waals surface area contributed by atoms with Gasteiger partial charge in [-0.05, 0) is 39.0 Å². The molecule has 0 aromatic rings. The number of ether oxygens (including phenoxy) is 1. The standard InChI is InChI=1S/C13H24O2/c1-4-11-5-6-13(14)12(9-11)7-8-15-10(2)3/h10-12H,4-9H2,1-3H3. The van der Waals surface area contributed by atoms with Crippen LogP contribution in [0.3, 0.4) is 0 Å². The topological polar surface area (TPSA) is 26.3 Å². The summed E-state index contributed by atoms with van der Waals surface area (Å²) in [6, 6.07) is 0. The van der Waals surface area contributed by atoms with Gasteiger partial charge in [0.1, 0.15) is 5.78 Å². The van der Waals surface area contributed by atoms with Crippen molar-refractivity contribution < 1.29 is 9.53 Å². The molecule has 2 nitrogen and oxygen atoms in total. The average Bonchev–Trinajstić information content (AvgIpc) is 2.20. The summed E-state index contributed by atoms with van der Waals surface area (Å²) in [5.41, 5.74) is 0. The van der Waals surface area contributed by atoms with Crippen molar-refractivity contribution in [2.45, 2.75) is 59.0 Å². The molecule has 2 unspecified atom stereocenters. The Balaban J connectivity index is 2.28. The third-order valence-electron chi connectivity index (χ3n) is 3.37. The van der Waals surface area contributed by atoms with Crippen molar-refractivity contribution in [1.82, 2.24) is 0 Å². The molecule has 1 aliphatic carbocycles. The average molecular weight is 212 g/mol. The summed E-state index contributed by atoms with van der Waals surface area (Å²) in [5.74, 6) is 1.52. The summed E-state index contributed by atoms with van der Waals surface area (Å²) in [7, 11) is 0. The number of carbonyl (C=O) groups is 1. The van der Waals surface area contributed by atoms with Crippen molar-refractivity contribution in [1.29, 1.82) is 0 Å². The summed E-state index contributed by atoms with van der Waals surface area (Å²) in [4.78, 5) is 11.7. The van der Waals surface area contributed by atoms with Crippen LogP contribution in [0.15, 0.2) is 0 Å². The van der Waals surface area contributed by atoms with Gasteiger partial charge in [0.2, 0.25) is 0 Å². The largest absolute Gasteiger partial charge is 0.379 e. The van der Waals surface area contributed by atoms with Gasteiger partial charge in [0.15, 0.2) is 0 Å². The quantitative estimate of drug-likeness (QED) is 0.699. The maximum Gasteiger partial charge on any atom is 0.136 e. The van der Waals surface area contributed by atoms with Gasteiger partial charge in [0.05, 0.1) is 6.10 Å². The van der Waals surface area contributed by atoms with E-state index in [2.05, 4.69) is 6.92 Å². The summed E-state index contributed by atoms with van der Waals surface area (Å²) < 4.78 is 5.51. The summed E-state index contributed by atoms with van der Waals surface area (Å²) in [6.07, 6.45) is 5.42. The Labute approximate surface area is 93.4 Å². The van der Waals surface area contributed by atoms with Gasteiger partial charge in [-0.15, -0.1) is 0 Å². The molecule has 15 heavy (non-hydrogen) atoms. The Morgan fingerprint density at radius 2 is 2.20 bits per heavy atom. The van der Waals surface area contributed by atoms with Crippen molar-refractivity contribution in [3.05, 3.63) is 0 Å². The normalized spacial score (nSPS) is 27.3.